The highest BCUT2D eigenvalue weighted by Gasteiger charge is 2.10. The number of carbonyl (C=O) groups is 1. The summed E-state index contributed by atoms with van der Waals surface area (Å²) in [5.41, 5.74) is 0.738. The zero-order chi connectivity index (χ0) is 13.0. The molecule has 0 radical (unpaired) electrons. The third kappa shape index (κ3) is 3.01. The number of halogens is 1. The van der Waals surface area contributed by atoms with Crippen LogP contribution in [0.5, 0.6) is 5.75 Å². The van der Waals surface area contributed by atoms with Crippen molar-refractivity contribution in [3.8, 4) is 5.75 Å². The second-order valence-electron chi connectivity index (χ2n) is 3.65. The summed E-state index contributed by atoms with van der Waals surface area (Å²) in [6.07, 6.45) is 1.75. The summed E-state index contributed by atoms with van der Waals surface area (Å²) in [7, 11) is 1.56. The number of nitrogens with one attached hydrogen (secondary N) is 2. The standard InChI is InChI=1S/C12H12ClN3O2/c1-18-10-3-2-9(13)6-8(10)7-12(17)15-11-4-5-14-16-11/h2-6H,7H2,1H3,(H2,14,15,16,17). The minimum atomic E-state index is -0.167. The summed E-state index contributed by atoms with van der Waals surface area (Å²) in [6.45, 7) is 0. The molecule has 6 heteroatoms. The molecule has 1 aromatic heterocycles. The average molecular weight is 266 g/mol. The van der Waals surface area contributed by atoms with Gasteiger partial charge < -0.3 is 10.1 Å². The second kappa shape index (κ2) is 5.55. The van der Waals surface area contributed by atoms with Crippen LogP contribution < -0.4 is 10.1 Å². The Hall–Kier alpha value is -2.01. The Labute approximate surface area is 109 Å². The lowest BCUT2D eigenvalue weighted by atomic mass is 10.1. The van der Waals surface area contributed by atoms with Gasteiger partial charge in [0.15, 0.2) is 0 Å². The maximum Gasteiger partial charge on any atom is 0.230 e. The third-order valence-electron chi connectivity index (χ3n) is 2.37. The lowest BCUT2D eigenvalue weighted by molar-refractivity contribution is -0.115. The predicted molar refractivity (Wildman–Crippen MR) is 68.9 cm³/mol. The number of anilines is 1. The van der Waals surface area contributed by atoms with E-state index in [1.807, 2.05) is 0 Å². The van der Waals surface area contributed by atoms with Crippen LogP contribution >= 0.6 is 11.6 Å². The monoisotopic (exact) mass is 265 g/mol. The molecule has 1 aromatic carbocycles. The molecule has 5 nitrogen and oxygen atoms in total. The van der Waals surface area contributed by atoms with Crippen LogP contribution in [0.4, 0.5) is 5.82 Å². The molecular formula is C12H12ClN3O2. The van der Waals surface area contributed by atoms with Gasteiger partial charge in [-0.1, -0.05) is 11.6 Å². The van der Waals surface area contributed by atoms with Crippen molar-refractivity contribution in [3.05, 3.63) is 41.0 Å². The Balaban J connectivity index is 2.08. The summed E-state index contributed by atoms with van der Waals surface area (Å²) >= 11 is 5.90. The average Bonchev–Trinajstić information content (AvgIpc) is 2.82. The number of ether oxygens (including phenoxy) is 1. The Morgan fingerprint density at radius 3 is 3.00 bits per heavy atom. The van der Waals surface area contributed by atoms with E-state index in [2.05, 4.69) is 15.5 Å². The second-order valence-corrected chi connectivity index (χ2v) is 4.09. The summed E-state index contributed by atoms with van der Waals surface area (Å²) in [6, 6.07) is 6.85. The van der Waals surface area contributed by atoms with Gasteiger partial charge in [0.2, 0.25) is 5.91 Å². The van der Waals surface area contributed by atoms with E-state index >= 15 is 0 Å². The molecular weight excluding hydrogens is 254 g/mol. The normalized spacial score (nSPS) is 10.1. The summed E-state index contributed by atoms with van der Waals surface area (Å²) in [5.74, 6) is 1.03. The molecule has 0 unspecified atom stereocenters. The molecule has 0 bridgehead atoms. The van der Waals surface area contributed by atoms with Crippen molar-refractivity contribution in [2.75, 3.05) is 12.4 Å². The first-order chi connectivity index (χ1) is 8.69. The van der Waals surface area contributed by atoms with Crippen LogP contribution in [0.3, 0.4) is 0 Å². The zero-order valence-corrected chi connectivity index (χ0v) is 10.5. The highest BCUT2D eigenvalue weighted by Crippen LogP contribution is 2.23. The van der Waals surface area contributed by atoms with E-state index in [9.17, 15) is 4.79 Å². The van der Waals surface area contributed by atoms with Gasteiger partial charge in [0.25, 0.3) is 0 Å². The van der Waals surface area contributed by atoms with Crippen LogP contribution in [-0.2, 0) is 11.2 Å². The SMILES string of the molecule is COc1ccc(Cl)cc1CC(=O)Nc1ccn[nH]1. The quantitative estimate of drug-likeness (QED) is 0.891. The van der Waals surface area contributed by atoms with Crippen LogP contribution in [0.1, 0.15) is 5.56 Å². The first kappa shape index (κ1) is 12.4. The Morgan fingerprint density at radius 1 is 1.50 bits per heavy atom. The summed E-state index contributed by atoms with van der Waals surface area (Å²) < 4.78 is 5.18. The lowest BCUT2D eigenvalue weighted by Crippen LogP contribution is -2.15. The first-order valence-electron chi connectivity index (χ1n) is 5.30. The van der Waals surface area contributed by atoms with Crippen molar-refractivity contribution in [1.82, 2.24) is 10.2 Å². The molecule has 2 rings (SSSR count). The van der Waals surface area contributed by atoms with Crippen LogP contribution in [0.15, 0.2) is 30.5 Å². The van der Waals surface area contributed by atoms with E-state index < -0.39 is 0 Å². The molecule has 1 heterocycles. The number of benzene rings is 1. The Morgan fingerprint density at radius 2 is 2.33 bits per heavy atom. The van der Waals surface area contributed by atoms with Crippen LogP contribution in [-0.4, -0.2) is 23.2 Å². The van der Waals surface area contributed by atoms with Gasteiger partial charge in [0.1, 0.15) is 11.6 Å². The van der Waals surface area contributed by atoms with Crippen molar-refractivity contribution in [2.24, 2.45) is 0 Å². The maximum atomic E-state index is 11.8. The summed E-state index contributed by atoms with van der Waals surface area (Å²) in [5, 5.41) is 9.65. The number of aromatic amines is 1. The molecule has 0 aliphatic rings. The van der Waals surface area contributed by atoms with Crippen LogP contribution in [0.25, 0.3) is 0 Å². The molecule has 0 atom stereocenters. The Kier molecular flexibility index (Phi) is 3.84. The van der Waals surface area contributed by atoms with Gasteiger partial charge in [-0.05, 0) is 18.2 Å². The number of hydrogen-bond acceptors (Lipinski definition) is 3. The van der Waals surface area contributed by atoms with E-state index in [-0.39, 0.29) is 12.3 Å². The minimum Gasteiger partial charge on any atom is -0.496 e. The highest BCUT2D eigenvalue weighted by atomic mass is 35.5. The van der Waals surface area contributed by atoms with Gasteiger partial charge in [0, 0.05) is 16.7 Å². The topological polar surface area (TPSA) is 67.0 Å². The van der Waals surface area contributed by atoms with Crippen molar-refractivity contribution in [3.63, 3.8) is 0 Å². The molecule has 0 spiro atoms. The fraction of sp³-hybridized carbons (Fsp3) is 0.167. The van der Waals surface area contributed by atoms with Gasteiger partial charge >= 0.3 is 0 Å². The van der Waals surface area contributed by atoms with Gasteiger partial charge in [-0.15, -0.1) is 0 Å². The lowest BCUT2D eigenvalue weighted by Gasteiger charge is -2.08. The Bertz CT molecular complexity index is 540. The number of carbonyl (C=O) groups excluding carboxylic acids is 1. The van der Waals surface area contributed by atoms with E-state index in [4.69, 9.17) is 16.3 Å². The van der Waals surface area contributed by atoms with E-state index in [0.717, 1.165) is 5.56 Å². The van der Waals surface area contributed by atoms with Crippen molar-refractivity contribution in [1.29, 1.82) is 0 Å². The van der Waals surface area contributed by atoms with Crippen molar-refractivity contribution < 1.29 is 9.53 Å². The molecule has 1 amide bonds. The fourth-order valence-corrected chi connectivity index (χ4v) is 1.77. The minimum absolute atomic E-state index is 0.167. The summed E-state index contributed by atoms with van der Waals surface area (Å²) in [4.78, 5) is 11.8. The van der Waals surface area contributed by atoms with Crippen LogP contribution in [0, 0.1) is 0 Å². The molecule has 2 N–H and O–H groups in total. The first-order valence-corrected chi connectivity index (χ1v) is 5.68. The molecule has 2 aromatic rings. The molecule has 18 heavy (non-hydrogen) atoms. The largest absolute Gasteiger partial charge is 0.496 e. The molecule has 0 saturated heterocycles. The van der Waals surface area contributed by atoms with E-state index in [1.165, 1.54) is 0 Å². The number of methoxy groups -OCH3 is 1. The highest BCUT2D eigenvalue weighted by molar-refractivity contribution is 6.30. The smallest absolute Gasteiger partial charge is 0.230 e. The zero-order valence-electron chi connectivity index (χ0n) is 9.74. The molecule has 94 valence electrons. The molecule has 0 fully saturated rings. The molecule has 0 aliphatic heterocycles. The van der Waals surface area contributed by atoms with E-state index in [1.54, 1.807) is 37.6 Å². The number of hydrogen-bond donors (Lipinski definition) is 2. The van der Waals surface area contributed by atoms with Crippen molar-refractivity contribution >= 4 is 23.3 Å². The number of H-pyrrole nitrogens is 1. The van der Waals surface area contributed by atoms with Gasteiger partial charge in [-0.3, -0.25) is 9.89 Å². The maximum absolute atomic E-state index is 11.8. The third-order valence-corrected chi connectivity index (χ3v) is 2.60. The van der Waals surface area contributed by atoms with Crippen molar-refractivity contribution in [2.45, 2.75) is 6.42 Å². The van der Waals surface area contributed by atoms with Gasteiger partial charge in [-0.25, -0.2) is 0 Å². The predicted octanol–water partition coefficient (Wildman–Crippen LogP) is 2.25. The number of nitrogens with zero attached hydrogens (tertiary/aromatic N) is 1. The molecule has 0 saturated carbocycles. The number of rotatable bonds is 4. The fourth-order valence-electron chi connectivity index (χ4n) is 1.58. The van der Waals surface area contributed by atoms with Crippen LogP contribution in [0.2, 0.25) is 5.02 Å². The van der Waals surface area contributed by atoms with E-state index in [0.29, 0.717) is 16.6 Å². The number of aromatic nitrogens is 2. The van der Waals surface area contributed by atoms with Gasteiger partial charge in [-0.2, -0.15) is 5.10 Å². The van der Waals surface area contributed by atoms with Gasteiger partial charge in [0.05, 0.1) is 19.7 Å². The molecule has 0 aliphatic carbocycles. The number of amides is 1.